The Kier molecular flexibility index (Phi) is 14.2. The summed E-state index contributed by atoms with van der Waals surface area (Å²) in [5, 5.41) is 5.91. The number of nitrogens with two attached hydrogens (primary N) is 2. The molecule has 7 N–H and O–H groups in total. The van der Waals surface area contributed by atoms with Gasteiger partial charge in [0, 0.05) is 52.0 Å². The molecule has 168 valence electrons. The summed E-state index contributed by atoms with van der Waals surface area (Å²) in [4.78, 5) is 2.49. The van der Waals surface area contributed by atoms with E-state index in [0.717, 1.165) is 58.7 Å². The number of likely N-dealkylation sites (tertiary alicyclic amines) is 1. The van der Waals surface area contributed by atoms with E-state index in [4.69, 9.17) is 16.2 Å². The average molecular weight is 402 g/mol. The minimum atomic E-state index is 0.209. The van der Waals surface area contributed by atoms with Gasteiger partial charge < -0.3 is 21.5 Å². The molecule has 28 heavy (non-hydrogen) atoms. The fourth-order valence-corrected chi connectivity index (χ4v) is 3.86. The lowest BCUT2D eigenvalue weighted by Gasteiger charge is -2.39. The Hall–Kier alpha value is -0.320. The normalized spacial score (nSPS) is 19.8. The molecule has 0 saturated carbocycles. The number of piperidine rings is 1. The molecule has 0 aromatic heterocycles. The first-order chi connectivity index (χ1) is 13.6. The molecule has 1 saturated heterocycles. The Morgan fingerprint density at radius 1 is 1.21 bits per heavy atom. The van der Waals surface area contributed by atoms with E-state index in [0.29, 0.717) is 24.5 Å². The summed E-state index contributed by atoms with van der Waals surface area (Å²) in [5.74, 6) is 0.499. The van der Waals surface area contributed by atoms with Crippen LogP contribution in [-0.4, -0.2) is 81.1 Å². The van der Waals surface area contributed by atoms with Crippen LogP contribution in [0.25, 0.3) is 0 Å². The van der Waals surface area contributed by atoms with Gasteiger partial charge in [0.2, 0.25) is 0 Å². The van der Waals surface area contributed by atoms with Gasteiger partial charge in [-0.3, -0.25) is 4.90 Å². The van der Waals surface area contributed by atoms with Crippen LogP contribution in [0.15, 0.2) is 0 Å². The van der Waals surface area contributed by atoms with Gasteiger partial charge in [-0.25, -0.2) is 10.4 Å². The van der Waals surface area contributed by atoms with Crippen molar-refractivity contribution >= 4 is 0 Å². The number of nitrogens with one attached hydrogen (secondary N) is 3. The summed E-state index contributed by atoms with van der Waals surface area (Å²) < 4.78 is 5.44. The lowest BCUT2D eigenvalue weighted by atomic mass is 9.99. The van der Waals surface area contributed by atoms with Gasteiger partial charge in [0.05, 0.1) is 6.10 Å². The smallest absolute Gasteiger partial charge is 0.0708 e. The third-order valence-corrected chi connectivity index (χ3v) is 5.96. The van der Waals surface area contributed by atoms with Gasteiger partial charge in [0.15, 0.2) is 0 Å². The number of ether oxygens (including phenoxy) is 1. The largest absolute Gasteiger partial charge is 0.380 e. The minimum absolute atomic E-state index is 0.209. The molecule has 1 fully saturated rings. The van der Waals surface area contributed by atoms with Crippen molar-refractivity contribution in [2.24, 2.45) is 17.4 Å². The van der Waals surface area contributed by atoms with E-state index in [-0.39, 0.29) is 6.10 Å². The summed E-state index contributed by atoms with van der Waals surface area (Å²) in [6.07, 6.45) is 5.70. The molecule has 0 aliphatic carbocycles. The second-order valence-electron chi connectivity index (χ2n) is 8.04. The Balaban J connectivity index is 2.34. The number of rotatable bonds is 16. The molecule has 8 nitrogen and oxygen atoms in total. The van der Waals surface area contributed by atoms with Gasteiger partial charge in [0.1, 0.15) is 0 Å². The predicted octanol–water partition coefficient (Wildman–Crippen LogP) is 0.456. The van der Waals surface area contributed by atoms with Crippen molar-refractivity contribution in [1.29, 1.82) is 0 Å². The summed E-state index contributed by atoms with van der Waals surface area (Å²) >= 11 is 0. The Labute approximate surface area is 173 Å². The molecular weight excluding hydrogens is 354 g/mol. The fraction of sp³-hybridized carbons (Fsp3) is 1.00. The molecule has 1 heterocycles. The quantitative estimate of drug-likeness (QED) is 0.238. The summed E-state index contributed by atoms with van der Waals surface area (Å²) in [6, 6.07) is 0.929. The van der Waals surface area contributed by atoms with Crippen molar-refractivity contribution in [3.8, 4) is 0 Å². The number of methoxy groups -OCH3 is 1. The van der Waals surface area contributed by atoms with E-state index >= 15 is 0 Å². The predicted molar refractivity (Wildman–Crippen MR) is 117 cm³/mol. The van der Waals surface area contributed by atoms with Crippen LogP contribution in [-0.2, 0) is 4.74 Å². The molecule has 0 aromatic rings. The zero-order valence-corrected chi connectivity index (χ0v) is 18.8. The first kappa shape index (κ1) is 25.7. The summed E-state index contributed by atoms with van der Waals surface area (Å²) in [6.45, 7) is 13.1. The van der Waals surface area contributed by atoms with E-state index in [1.165, 1.54) is 12.8 Å². The molecular formula is C20H47N7O. The molecule has 0 spiro atoms. The maximum absolute atomic E-state index is 5.88. The van der Waals surface area contributed by atoms with Crippen LogP contribution in [0.5, 0.6) is 0 Å². The van der Waals surface area contributed by atoms with E-state index in [1.807, 2.05) is 0 Å². The molecule has 1 aliphatic rings. The van der Waals surface area contributed by atoms with E-state index in [9.17, 15) is 0 Å². The summed E-state index contributed by atoms with van der Waals surface area (Å²) in [7, 11) is 1.76. The Bertz CT molecular complexity index is 362. The van der Waals surface area contributed by atoms with Gasteiger partial charge in [0.25, 0.3) is 0 Å². The van der Waals surface area contributed by atoms with Crippen LogP contribution < -0.4 is 27.7 Å². The van der Waals surface area contributed by atoms with Crippen LogP contribution in [0, 0.1) is 5.92 Å². The van der Waals surface area contributed by atoms with Crippen molar-refractivity contribution in [3.05, 3.63) is 0 Å². The van der Waals surface area contributed by atoms with Gasteiger partial charge in [-0.2, -0.15) is 5.53 Å². The number of nitrogens with zero attached hydrogens (tertiary/aromatic N) is 2. The van der Waals surface area contributed by atoms with Crippen molar-refractivity contribution in [2.45, 2.75) is 71.1 Å². The molecule has 8 heteroatoms. The topological polar surface area (TPSA) is 104 Å². The van der Waals surface area contributed by atoms with Crippen molar-refractivity contribution in [3.63, 3.8) is 0 Å². The number of hydrogen-bond donors (Lipinski definition) is 5. The van der Waals surface area contributed by atoms with Crippen molar-refractivity contribution < 1.29 is 4.74 Å². The number of hydrogen-bond acceptors (Lipinski definition) is 8. The Morgan fingerprint density at radius 3 is 2.46 bits per heavy atom. The first-order valence-corrected chi connectivity index (χ1v) is 11.2. The second kappa shape index (κ2) is 15.5. The van der Waals surface area contributed by atoms with E-state index in [2.05, 4.69) is 47.0 Å². The standard InChI is InChI=1S/C20H47N7O/c1-5-11-27(25-24-17(3)18(6-2)14-22)19-8-12-26(13-9-19)16-23-15-20(28-4)7-10-21/h17-20,23-25H,5-16,21-22H2,1-4H3/t17-,18+,20-/m0/s1. The van der Waals surface area contributed by atoms with E-state index < -0.39 is 0 Å². The zero-order chi connectivity index (χ0) is 20.8. The molecule has 3 atom stereocenters. The highest BCUT2D eigenvalue weighted by molar-refractivity contribution is 4.79. The van der Waals surface area contributed by atoms with Crippen LogP contribution in [0.1, 0.15) is 52.9 Å². The van der Waals surface area contributed by atoms with Crippen LogP contribution in [0.2, 0.25) is 0 Å². The van der Waals surface area contributed by atoms with E-state index in [1.54, 1.807) is 7.11 Å². The molecule has 0 unspecified atom stereocenters. The maximum atomic E-state index is 5.88. The van der Waals surface area contributed by atoms with Crippen LogP contribution in [0.3, 0.4) is 0 Å². The Morgan fingerprint density at radius 2 is 1.93 bits per heavy atom. The maximum Gasteiger partial charge on any atom is 0.0708 e. The summed E-state index contributed by atoms with van der Waals surface area (Å²) in [5.41, 5.74) is 18.5. The zero-order valence-electron chi connectivity index (χ0n) is 18.8. The monoisotopic (exact) mass is 401 g/mol. The fourth-order valence-electron chi connectivity index (χ4n) is 3.86. The highest BCUT2D eigenvalue weighted by Gasteiger charge is 2.25. The molecule has 1 rings (SSSR count). The molecule has 0 radical (unpaired) electrons. The minimum Gasteiger partial charge on any atom is -0.380 e. The molecule has 1 aliphatic heterocycles. The van der Waals surface area contributed by atoms with Crippen LogP contribution >= 0.6 is 0 Å². The van der Waals surface area contributed by atoms with Gasteiger partial charge in [-0.1, -0.05) is 20.3 Å². The molecule has 0 bridgehead atoms. The lowest BCUT2D eigenvalue weighted by molar-refractivity contribution is 0.0355. The highest BCUT2D eigenvalue weighted by atomic mass is 16.5. The number of hydrazine groups is 2. The van der Waals surface area contributed by atoms with Gasteiger partial charge >= 0.3 is 0 Å². The second-order valence-corrected chi connectivity index (χ2v) is 8.04. The first-order valence-electron chi connectivity index (χ1n) is 11.2. The van der Waals surface area contributed by atoms with Gasteiger partial charge in [-0.05, 0) is 51.6 Å². The third kappa shape index (κ3) is 9.45. The highest BCUT2D eigenvalue weighted by Crippen LogP contribution is 2.15. The molecule has 0 amide bonds. The van der Waals surface area contributed by atoms with Gasteiger partial charge in [-0.15, -0.1) is 0 Å². The third-order valence-electron chi connectivity index (χ3n) is 5.96. The molecule has 0 aromatic carbocycles. The average Bonchev–Trinajstić information content (AvgIpc) is 2.72. The van der Waals surface area contributed by atoms with Crippen molar-refractivity contribution in [2.75, 3.05) is 53.0 Å². The SMILES string of the molecule is CCCN(NN[C@@H](C)[C@H](CC)CN)C1CCN(CNC[C@H](CCN)OC)CC1. The lowest BCUT2D eigenvalue weighted by Crippen LogP contribution is -2.58. The van der Waals surface area contributed by atoms with Crippen LogP contribution in [0.4, 0.5) is 0 Å². The van der Waals surface area contributed by atoms with Crippen molar-refractivity contribution in [1.82, 2.24) is 26.2 Å².